The Hall–Kier alpha value is -2.12. The molecular formula is C16H13BrClN5O. The van der Waals surface area contributed by atoms with Crippen molar-refractivity contribution < 1.29 is 4.79 Å². The summed E-state index contributed by atoms with van der Waals surface area (Å²) < 4.78 is 2.40. The molecule has 3 heterocycles. The molecule has 8 heteroatoms. The van der Waals surface area contributed by atoms with Crippen LogP contribution in [0.4, 0.5) is 5.69 Å². The van der Waals surface area contributed by atoms with Gasteiger partial charge in [0, 0.05) is 37.1 Å². The summed E-state index contributed by atoms with van der Waals surface area (Å²) in [6.07, 6.45) is 4.21. The average Bonchev–Trinajstić information content (AvgIpc) is 2.97. The van der Waals surface area contributed by atoms with Crippen LogP contribution in [0.5, 0.6) is 0 Å². The fourth-order valence-electron chi connectivity index (χ4n) is 2.90. The number of fused-ring (bicyclic) bond motifs is 2. The topological polar surface area (TPSA) is 53.7 Å². The lowest BCUT2D eigenvalue weighted by molar-refractivity contribution is 0.0732. The summed E-state index contributed by atoms with van der Waals surface area (Å²) in [6.45, 7) is 0.577. The Morgan fingerprint density at radius 1 is 1.33 bits per heavy atom. The van der Waals surface area contributed by atoms with Crippen LogP contribution >= 0.6 is 27.5 Å². The van der Waals surface area contributed by atoms with E-state index in [0.717, 1.165) is 22.1 Å². The first-order valence-electron chi connectivity index (χ1n) is 7.38. The number of carbonyl (C=O) groups is 1. The minimum atomic E-state index is -0.153. The Labute approximate surface area is 151 Å². The molecule has 0 aliphatic carbocycles. The van der Waals surface area contributed by atoms with Crippen LogP contribution in [0.3, 0.4) is 0 Å². The van der Waals surface area contributed by atoms with E-state index in [9.17, 15) is 4.79 Å². The third-order valence-electron chi connectivity index (χ3n) is 4.08. The largest absolute Gasteiger partial charge is 0.292 e. The normalized spacial score (nSPS) is 14.1. The van der Waals surface area contributed by atoms with Crippen molar-refractivity contribution in [3.8, 4) is 0 Å². The van der Waals surface area contributed by atoms with Gasteiger partial charge < -0.3 is 0 Å². The molecule has 4 rings (SSSR count). The third-order valence-corrected chi connectivity index (χ3v) is 4.73. The van der Waals surface area contributed by atoms with Crippen LogP contribution in [0, 0.1) is 0 Å². The second kappa shape index (κ2) is 5.75. The Kier molecular flexibility index (Phi) is 3.69. The van der Waals surface area contributed by atoms with Crippen molar-refractivity contribution in [1.82, 2.24) is 19.6 Å². The quantitative estimate of drug-likeness (QED) is 0.623. The van der Waals surface area contributed by atoms with Gasteiger partial charge in [0.2, 0.25) is 0 Å². The molecule has 2 aromatic heterocycles. The van der Waals surface area contributed by atoms with E-state index in [1.807, 2.05) is 30.3 Å². The van der Waals surface area contributed by atoms with Gasteiger partial charge in [-0.1, -0.05) is 11.6 Å². The van der Waals surface area contributed by atoms with Crippen LogP contribution in [0.25, 0.3) is 5.65 Å². The second-order valence-corrected chi connectivity index (χ2v) is 6.93. The minimum Gasteiger partial charge on any atom is -0.285 e. The molecule has 0 spiro atoms. The summed E-state index contributed by atoms with van der Waals surface area (Å²) in [5.74, 6) is -0.153. The van der Waals surface area contributed by atoms with E-state index >= 15 is 0 Å². The summed E-state index contributed by atoms with van der Waals surface area (Å²) in [7, 11) is 1.87. The van der Waals surface area contributed by atoms with Gasteiger partial charge in [0.25, 0.3) is 5.91 Å². The molecule has 0 radical (unpaired) electrons. The molecule has 1 amide bonds. The third kappa shape index (κ3) is 2.53. The lowest BCUT2D eigenvalue weighted by Gasteiger charge is -2.38. The van der Waals surface area contributed by atoms with E-state index in [0.29, 0.717) is 22.9 Å². The maximum absolute atomic E-state index is 12.9. The molecule has 0 N–H and O–H groups in total. The number of amides is 1. The predicted octanol–water partition coefficient (Wildman–Crippen LogP) is 3.19. The van der Waals surface area contributed by atoms with E-state index in [2.05, 4.69) is 26.0 Å². The zero-order valence-corrected chi connectivity index (χ0v) is 15.1. The fraction of sp³-hybridized carbons (Fsp3) is 0.188. The van der Waals surface area contributed by atoms with Gasteiger partial charge in [-0.3, -0.25) is 9.80 Å². The zero-order chi connectivity index (χ0) is 16.8. The molecule has 24 heavy (non-hydrogen) atoms. The summed E-state index contributed by atoms with van der Waals surface area (Å²) in [4.78, 5) is 17.1. The van der Waals surface area contributed by atoms with Crippen molar-refractivity contribution in [2.75, 3.05) is 18.6 Å². The Bertz CT molecular complexity index is 957. The van der Waals surface area contributed by atoms with Crippen LogP contribution in [-0.4, -0.2) is 39.1 Å². The van der Waals surface area contributed by atoms with Crippen LogP contribution in [0.15, 0.2) is 41.1 Å². The van der Waals surface area contributed by atoms with Gasteiger partial charge >= 0.3 is 0 Å². The highest BCUT2D eigenvalue weighted by molar-refractivity contribution is 9.10. The summed E-state index contributed by atoms with van der Waals surface area (Å²) in [5, 5.41) is 8.59. The lowest BCUT2D eigenvalue weighted by atomic mass is 10.1. The van der Waals surface area contributed by atoms with Gasteiger partial charge in [-0.05, 0) is 46.1 Å². The molecule has 1 aliphatic rings. The van der Waals surface area contributed by atoms with Crippen LogP contribution < -0.4 is 5.01 Å². The number of aromatic nitrogens is 3. The van der Waals surface area contributed by atoms with Crippen molar-refractivity contribution in [3.05, 3.63) is 57.4 Å². The van der Waals surface area contributed by atoms with Crippen molar-refractivity contribution in [3.63, 3.8) is 0 Å². The first-order chi connectivity index (χ1) is 11.5. The number of hydrazine groups is 1. The van der Waals surface area contributed by atoms with Crippen molar-refractivity contribution >= 4 is 44.8 Å². The number of hydrogen-bond donors (Lipinski definition) is 0. The number of benzene rings is 1. The Morgan fingerprint density at radius 2 is 2.17 bits per heavy atom. The second-order valence-electron chi connectivity index (χ2n) is 5.58. The molecule has 0 fully saturated rings. The highest BCUT2D eigenvalue weighted by Gasteiger charge is 2.28. The summed E-state index contributed by atoms with van der Waals surface area (Å²) >= 11 is 9.41. The highest BCUT2D eigenvalue weighted by Crippen LogP contribution is 2.29. The standard InChI is InChI=1S/C16H13BrClN5O/c1-21-14-3-2-12(18)6-10(14)4-5-23(21)16(24)13-7-15-19-8-11(17)9-22(15)20-13/h2-3,6-9H,4-5H2,1H3. The number of rotatable bonds is 1. The van der Waals surface area contributed by atoms with Crippen LogP contribution in [-0.2, 0) is 6.42 Å². The Balaban J connectivity index is 1.67. The molecule has 0 atom stereocenters. The van der Waals surface area contributed by atoms with E-state index in [-0.39, 0.29) is 5.91 Å². The average molecular weight is 407 g/mol. The highest BCUT2D eigenvalue weighted by atomic mass is 79.9. The van der Waals surface area contributed by atoms with Crippen molar-refractivity contribution in [1.29, 1.82) is 0 Å². The van der Waals surface area contributed by atoms with Gasteiger partial charge in [0.1, 0.15) is 0 Å². The number of hydrogen-bond acceptors (Lipinski definition) is 4. The molecule has 6 nitrogen and oxygen atoms in total. The molecule has 1 aliphatic heterocycles. The fourth-order valence-corrected chi connectivity index (χ4v) is 3.40. The molecule has 0 saturated carbocycles. The molecular weight excluding hydrogens is 394 g/mol. The molecule has 122 valence electrons. The van der Waals surface area contributed by atoms with E-state index in [1.165, 1.54) is 0 Å². The molecule has 0 unspecified atom stereocenters. The van der Waals surface area contributed by atoms with Crippen LogP contribution in [0.2, 0.25) is 5.02 Å². The summed E-state index contributed by atoms with van der Waals surface area (Å²) in [5.41, 5.74) is 3.11. The number of halogens is 2. The monoisotopic (exact) mass is 405 g/mol. The summed E-state index contributed by atoms with van der Waals surface area (Å²) in [6, 6.07) is 7.40. The predicted molar refractivity (Wildman–Crippen MR) is 95.3 cm³/mol. The van der Waals surface area contributed by atoms with Gasteiger partial charge in [0.15, 0.2) is 11.3 Å². The zero-order valence-electron chi connectivity index (χ0n) is 12.8. The van der Waals surface area contributed by atoms with Gasteiger partial charge in [0.05, 0.1) is 10.2 Å². The minimum absolute atomic E-state index is 0.153. The Morgan fingerprint density at radius 3 is 3.00 bits per heavy atom. The number of carbonyl (C=O) groups excluding carboxylic acids is 1. The number of nitrogens with zero attached hydrogens (tertiary/aromatic N) is 5. The van der Waals surface area contributed by atoms with Gasteiger partial charge in [-0.25, -0.2) is 14.5 Å². The number of anilines is 1. The maximum atomic E-state index is 12.9. The van der Waals surface area contributed by atoms with Crippen molar-refractivity contribution in [2.24, 2.45) is 0 Å². The molecule has 0 saturated heterocycles. The van der Waals surface area contributed by atoms with Crippen molar-refractivity contribution in [2.45, 2.75) is 6.42 Å². The van der Waals surface area contributed by atoms with Gasteiger partial charge in [-0.2, -0.15) is 5.10 Å². The van der Waals surface area contributed by atoms with E-state index in [4.69, 9.17) is 11.6 Å². The lowest BCUT2D eigenvalue weighted by Crippen LogP contribution is -2.48. The first-order valence-corrected chi connectivity index (χ1v) is 8.55. The molecule has 3 aromatic rings. The van der Waals surface area contributed by atoms with Crippen LogP contribution in [0.1, 0.15) is 16.1 Å². The SMILES string of the molecule is CN1c2ccc(Cl)cc2CCN1C(=O)c1cc2ncc(Br)cn2n1. The van der Waals surface area contributed by atoms with E-state index < -0.39 is 0 Å². The first kappa shape index (κ1) is 15.4. The van der Waals surface area contributed by atoms with Gasteiger partial charge in [-0.15, -0.1) is 0 Å². The molecule has 1 aromatic carbocycles. The van der Waals surface area contributed by atoms with E-state index in [1.54, 1.807) is 28.0 Å². The smallest absolute Gasteiger partial charge is 0.285 e. The maximum Gasteiger partial charge on any atom is 0.292 e. The molecule has 0 bridgehead atoms.